The molecule has 1 atom stereocenters. The largest absolute Gasteiger partial charge is 0.370 e. The molecular formula is C22H34N2O2. The molecule has 1 amide bonds. The Kier molecular flexibility index (Phi) is 6.71. The SMILES string of the molecule is CCC(CC)CN1CCC2(CCC(CNC(=O)c3ccccc3)O2)CC1. The molecule has 2 fully saturated rings. The highest BCUT2D eigenvalue weighted by molar-refractivity contribution is 5.94. The van der Waals surface area contributed by atoms with Crippen molar-refractivity contribution in [2.45, 2.75) is 64.1 Å². The standard InChI is InChI=1S/C22H34N2O2/c1-3-18(4-2)17-24-14-12-22(13-15-24)11-10-20(26-22)16-23-21(25)19-8-6-5-7-9-19/h5-9,18,20H,3-4,10-17H2,1-2H3,(H,23,25). The first kappa shape index (κ1) is 19.4. The average Bonchev–Trinajstić information content (AvgIpc) is 3.09. The van der Waals surface area contributed by atoms with Crippen LogP contribution in [0.2, 0.25) is 0 Å². The summed E-state index contributed by atoms with van der Waals surface area (Å²) in [6.45, 7) is 8.76. The number of carbonyl (C=O) groups is 1. The van der Waals surface area contributed by atoms with Crippen molar-refractivity contribution in [1.29, 1.82) is 0 Å². The van der Waals surface area contributed by atoms with Gasteiger partial charge in [0.25, 0.3) is 5.91 Å². The van der Waals surface area contributed by atoms with Crippen molar-refractivity contribution in [1.82, 2.24) is 10.2 Å². The topological polar surface area (TPSA) is 41.6 Å². The van der Waals surface area contributed by atoms with Gasteiger partial charge in [0, 0.05) is 31.7 Å². The van der Waals surface area contributed by atoms with E-state index in [9.17, 15) is 4.79 Å². The Bertz CT molecular complexity index is 563. The number of piperidine rings is 1. The molecule has 1 aromatic carbocycles. The molecule has 4 nitrogen and oxygen atoms in total. The van der Waals surface area contributed by atoms with Crippen molar-refractivity contribution in [3.8, 4) is 0 Å². The zero-order chi connectivity index (χ0) is 18.4. The van der Waals surface area contributed by atoms with Gasteiger partial charge in [0.15, 0.2) is 0 Å². The van der Waals surface area contributed by atoms with E-state index in [0.29, 0.717) is 6.54 Å². The molecule has 0 radical (unpaired) electrons. The minimum Gasteiger partial charge on any atom is -0.370 e. The van der Waals surface area contributed by atoms with E-state index < -0.39 is 0 Å². The predicted molar refractivity (Wildman–Crippen MR) is 105 cm³/mol. The van der Waals surface area contributed by atoms with Crippen molar-refractivity contribution >= 4 is 5.91 Å². The second-order valence-corrected chi connectivity index (χ2v) is 8.02. The van der Waals surface area contributed by atoms with E-state index in [1.165, 1.54) is 19.4 Å². The Balaban J connectivity index is 1.42. The van der Waals surface area contributed by atoms with Gasteiger partial charge in [0.1, 0.15) is 0 Å². The molecule has 26 heavy (non-hydrogen) atoms. The van der Waals surface area contributed by atoms with Gasteiger partial charge in [-0.15, -0.1) is 0 Å². The summed E-state index contributed by atoms with van der Waals surface area (Å²) in [6.07, 6.45) is 7.18. The van der Waals surface area contributed by atoms with Gasteiger partial charge in [0.05, 0.1) is 11.7 Å². The Morgan fingerprint density at radius 3 is 2.54 bits per heavy atom. The van der Waals surface area contributed by atoms with Gasteiger partial charge in [0.2, 0.25) is 0 Å². The van der Waals surface area contributed by atoms with Crippen LogP contribution in [0, 0.1) is 5.92 Å². The molecule has 0 aliphatic carbocycles. The lowest BCUT2D eigenvalue weighted by molar-refractivity contribution is -0.0769. The van der Waals surface area contributed by atoms with Gasteiger partial charge in [-0.3, -0.25) is 4.79 Å². The van der Waals surface area contributed by atoms with Crippen LogP contribution in [-0.4, -0.2) is 48.7 Å². The highest BCUT2D eigenvalue weighted by Crippen LogP contribution is 2.39. The molecule has 0 aromatic heterocycles. The third kappa shape index (κ3) is 4.86. The molecule has 2 aliphatic rings. The van der Waals surface area contributed by atoms with Crippen LogP contribution in [0.5, 0.6) is 0 Å². The minimum atomic E-state index is -0.00450. The lowest BCUT2D eigenvalue weighted by Crippen LogP contribution is -2.46. The minimum absolute atomic E-state index is 0.00450. The Morgan fingerprint density at radius 1 is 1.19 bits per heavy atom. The summed E-state index contributed by atoms with van der Waals surface area (Å²) < 4.78 is 6.44. The lowest BCUT2D eigenvalue weighted by Gasteiger charge is -2.40. The van der Waals surface area contributed by atoms with Gasteiger partial charge >= 0.3 is 0 Å². The molecule has 4 heteroatoms. The first-order valence-electron chi connectivity index (χ1n) is 10.4. The summed E-state index contributed by atoms with van der Waals surface area (Å²) in [4.78, 5) is 14.8. The Morgan fingerprint density at radius 2 is 1.88 bits per heavy atom. The zero-order valence-electron chi connectivity index (χ0n) is 16.4. The maximum Gasteiger partial charge on any atom is 0.251 e. The number of hydrogen-bond donors (Lipinski definition) is 1. The fraction of sp³-hybridized carbons (Fsp3) is 0.682. The molecule has 0 bridgehead atoms. The maximum absolute atomic E-state index is 12.2. The third-order valence-electron chi connectivity index (χ3n) is 6.30. The first-order valence-corrected chi connectivity index (χ1v) is 10.4. The fourth-order valence-electron chi connectivity index (χ4n) is 4.36. The zero-order valence-corrected chi connectivity index (χ0v) is 16.4. The molecule has 1 unspecified atom stereocenters. The number of ether oxygens (including phenoxy) is 1. The van der Waals surface area contributed by atoms with E-state index in [1.807, 2.05) is 30.3 Å². The van der Waals surface area contributed by atoms with Crippen molar-refractivity contribution < 1.29 is 9.53 Å². The van der Waals surface area contributed by atoms with Gasteiger partial charge < -0.3 is 15.0 Å². The van der Waals surface area contributed by atoms with E-state index in [-0.39, 0.29) is 17.6 Å². The van der Waals surface area contributed by atoms with Crippen LogP contribution >= 0.6 is 0 Å². The Hall–Kier alpha value is -1.39. The van der Waals surface area contributed by atoms with E-state index >= 15 is 0 Å². The second kappa shape index (κ2) is 9.01. The molecule has 1 spiro atoms. The molecule has 3 rings (SSSR count). The Labute approximate surface area is 158 Å². The first-order chi connectivity index (χ1) is 12.6. The summed E-state index contributed by atoms with van der Waals surface area (Å²) in [6, 6.07) is 9.41. The number of benzene rings is 1. The summed E-state index contributed by atoms with van der Waals surface area (Å²) >= 11 is 0. The van der Waals surface area contributed by atoms with Crippen molar-refractivity contribution in [2.24, 2.45) is 5.92 Å². The van der Waals surface area contributed by atoms with Crippen LogP contribution < -0.4 is 5.32 Å². The van der Waals surface area contributed by atoms with Crippen LogP contribution in [0.15, 0.2) is 30.3 Å². The monoisotopic (exact) mass is 358 g/mol. The van der Waals surface area contributed by atoms with E-state index in [4.69, 9.17) is 4.74 Å². The molecule has 1 N–H and O–H groups in total. The molecule has 1 aromatic rings. The number of nitrogens with zero attached hydrogens (tertiary/aromatic N) is 1. The average molecular weight is 359 g/mol. The van der Waals surface area contributed by atoms with Crippen LogP contribution in [0.4, 0.5) is 0 Å². The lowest BCUT2D eigenvalue weighted by atomic mass is 9.88. The highest BCUT2D eigenvalue weighted by atomic mass is 16.5. The summed E-state index contributed by atoms with van der Waals surface area (Å²) in [5.74, 6) is 0.824. The quantitative estimate of drug-likeness (QED) is 0.804. The van der Waals surface area contributed by atoms with Crippen molar-refractivity contribution in [2.75, 3.05) is 26.2 Å². The molecule has 2 saturated heterocycles. The second-order valence-electron chi connectivity index (χ2n) is 8.02. The molecule has 0 saturated carbocycles. The smallest absolute Gasteiger partial charge is 0.251 e. The number of amides is 1. The maximum atomic E-state index is 12.2. The van der Waals surface area contributed by atoms with Gasteiger partial charge in [-0.1, -0.05) is 44.9 Å². The number of carbonyl (C=O) groups excluding carboxylic acids is 1. The fourth-order valence-corrected chi connectivity index (χ4v) is 4.36. The molecule has 144 valence electrons. The van der Waals surface area contributed by atoms with E-state index in [0.717, 1.165) is 50.3 Å². The number of likely N-dealkylation sites (tertiary alicyclic amines) is 1. The van der Waals surface area contributed by atoms with E-state index in [2.05, 4.69) is 24.1 Å². The predicted octanol–water partition coefficient (Wildman–Crippen LogP) is 3.87. The van der Waals surface area contributed by atoms with Gasteiger partial charge in [-0.25, -0.2) is 0 Å². The van der Waals surface area contributed by atoms with Crippen LogP contribution in [-0.2, 0) is 4.74 Å². The van der Waals surface area contributed by atoms with Crippen molar-refractivity contribution in [3.63, 3.8) is 0 Å². The summed E-state index contributed by atoms with van der Waals surface area (Å²) in [5.41, 5.74) is 0.780. The van der Waals surface area contributed by atoms with Crippen LogP contribution in [0.1, 0.15) is 62.7 Å². The highest BCUT2D eigenvalue weighted by Gasteiger charge is 2.42. The number of hydrogen-bond acceptors (Lipinski definition) is 3. The summed E-state index contributed by atoms with van der Waals surface area (Å²) in [7, 11) is 0. The van der Waals surface area contributed by atoms with E-state index in [1.54, 1.807) is 0 Å². The van der Waals surface area contributed by atoms with Crippen LogP contribution in [0.25, 0.3) is 0 Å². The number of nitrogens with one attached hydrogen (secondary N) is 1. The summed E-state index contributed by atoms with van der Waals surface area (Å²) in [5, 5.41) is 3.04. The van der Waals surface area contributed by atoms with Crippen molar-refractivity contribution in [3.05, 3.63) is 35.9 Å². The normalized spacial score (nSPS) is 22.8. The van der Waals surface area contributed by atoms with Crippen LogP contribution in [0.3, 0.4) is 0 Å². The third-order valence-corrected chi connectivity index (χ3v) is 6.30. The molecule has 2 aliphatic heterocycles. The van der Waals surface area contributed by atoms with Gasteiger partial charge in [-0.05, 0) is 43.7 Å². The van der Waals surface area contributed by atoms with Gasteiger partial charge in [-0.2, -0.15) is 0 Å². The number of rotatable bonds is 7. The molecular weight excluding hydrogens is 324 g/mol. The molecule has 2 heterocycles.